The van der Waals surface area contributed by atoms with E-state index in [1.807, 2.05) is 26.0 Å². The molecule has 0 aromatic heterocycles. The molecule has 0 spiro atoms. The van der Waals surface area contributed by atoms with E-state index in [0.29, 0.717) is 17.1 Å². The van der Waals surface area contributed by atoms with Crippen LogP contribution in [0, 0.1) is 25.2 Å². The smallest absolute Gasteiger partial charge is 0.287 e. The number of nitriles is 1. The van der Waals surface area contributed by atoms with E-state index in [4.69, 9.17) is 10.00 Å². The third-order valence-electron chi connectivity index (χ3n) is 3.47. The summed E-state index contributed by atoms with van der Waals surface area (Å²) in [5.74, 6) is 0.138. The van der Waals surface area contributed by atoms with Crippen LogP contribution < -0.4 is 15.5 Å². The fraction of sp³-hybridized carbons (Fsp3) is 0.167. The van der Waals surface area contributed by atoms with Crippen LogP contribution in [0.4, 0.5) is 11.4 Å². The molecule has 0 saturated heterocycles. The summed E-state index contributed by atoms with van der Waals surface area (Å²) in [6, 6.07) is 14.3. The number of carbonyl (C=O) groups is 1. The molecule has 0 aliphatic carbocycles. The predicted molar refractivity (Wildman–Crippen MR) is 94.2 cm³/mol. The minimum absolute atomic E-state index is 0.260. The number of nitrogens with one attached hydrogen (secondary N) is 2. The quantitative estimate of drug-likeness (QED) is 0.653. The maximum atomic E-state index is 12.1. The maximum absolute atomic E-state index is 12.1. The van der Waals surface area contributed by atoms with E-state index in [1.165, 1.54) is 0 Å². The minimum Gasteiger partial charge on any atom is -0.497 e. The maximum Gasteiger partial charge on any atom is 0.287 e. The number of hydrazone groups is 1. The van der Waals surface area contributed by atoms with Crippen molar-refractivity contribution in [3.8, 4) is 11.8 Å². The summed E-state index contributed by atoms with van der Waals surface area (Å²) in [4.78, 5) is 12.1. The normalized spacial score (nSPS) is 10.7. The van der Waals surface area contributed by atoms with Crippen molar-refractivity contribution in [3.63, 3.8) is 0 Å². The molecule has 122 valence electrons. The van der Waals surface area contributed by atoms with Crippen molar-refractivity contribution >= 4 is 23.0 Å². The molecule has 0 aliphatic heterocycles. The second-order valence-electron chi connectivity index (χ2n) is 5.17. The molecule has 0 heterocycles. The summed E-state index contributed by atoms with van der Waals surface area (Å²) in [6.45, 7) is 3.94. The molecule has 0 unspecified atom stereocenters. The summed E-state index contributed by atoms with van der Waals surface area (Å²) >= 11 is 0. The Kier molecular flexibility index (Phi) is 5.53. The Bertz CT molecular complexity index is 805. The molecule has 0 fully saturated rings. The number of ether oxygens (including phenoxy) is 1. The lowest BCUT2D eigenvalue weighted by atomic mass is 10.1. The van der Waals surface area contributed by atoms with Crippen molar-refractivity contribution in [2.45, 2.75) is 13.8 Å². The number of anilines is 2. The van der Waals surface area contributed by atoms with Gasteiger partial charge in [0.2, 0.25) is 5.71 Å². The molecule has 6 nitrogen and oxygen atoms in total. The number of hydrogen-bond acceptors (Lipinski definition) is 5. The Balaban J connectivity index is 2.07. The Morgan fingerprint density at radius 1 is 1.08 bits per heavy atom. The lowest BCUT2D eigenvalue weighted by molar-refractivity contribution is -0.110. The van der Waals surface area contributed by atoms with Crippen molar-refractivity contribution in [2.24, 2.45) is 5.10 Å². The summed E-state index contributed by atoms with van der Waals surface area (Å²) in [5.41, 5.74) is 5.87. The van der Waals surface area contributed by atoms with Crippen molar-refractivity contribution in [3.05, 3.63) is 53.6 Å². The van der Waals surface area contributed by atoms with Crippen molar-refractivity contribution in [2.75, 3.05) is 17.9 Å². The highest BCUT2D eigenvalue weighted by atomic mass is 16.5. The lowest BCUT2D eigenvalue weighted by Crippen LogP contribution is -2.22. The first-order valence-corrected chi connectivity index (χ1v) is 7.30. The lowest BCUT2D eigenvalue weighted by Gasteiger charge is -2.07. The molecule has 2 N–H and O–H groups in total. The largest absolute Gasteiger partial charge is 0.497 e. The first-order valence-electron chi connectivity index (χ1n) is 7.30. The van der Waals surface area contributed by atoms with Gasteiger partial charge in [-0.05, 0) is 61.4 Å². The fourth-order valence-electron chi connectivity index (χ4n) is 1.92. The monoisotopic (exact) mass is 322 g/mol. The molecular weight excluding hydrogens is 304 g/mol. The minimum atomic E-state index is -0.568. The number of methoxy groups -OCH3 is 1. The van der Waals surface area contributed by atoms with Crippen molar-refractivity contribution in [1.29, 1.82) is 5.26 Å². The van der Waals surface area contributed by atoms with Gasteiger partial charge in [0.15, 0.2) is 0 Å². The average Bonchev–Trinajstić information content (AvgIpc) is 2.59. The van der Waals surface area contributed by atoms with Gasteiger partial charge in [0.25, 0.3) is 5.91 Å². The Morgan fingerprint density at radius 3 is 2.33 bits per heavy atom. The molecule has 6 heteroatoms. The SMILES string of the molecule is COc1ccc(NN=C(C#N)C(=O)Nc2ccc(C)c(C)c2)cc1. The number of nitrogens with zero attached hydrogens (tertiary/aromatic N) is 2. The van der Waals surface area contributed by atoms with E-state index in [1.54, 1.807) is 43.5 Å². The van der Waals surface area contributed by atoms with Gasteiger partial charge in [-0.25, -0.2) is 0 Å². The van der Waals surface area contributed by atoms with Crippen LogP contribution in [0.3, 0.4) is 0 Å². The van der Waals surface area contributed by atoms with Crippen LogP contribution in [-0.2, 0) is 4.79 Å². The summed E-state index contributed by atoms with van der Waals surface area (Å²) in [7, 11) is 1.57. The number of benzene rings is 2. The molecule has 24 heavy (non-hydrogen) atoms. The van der Waals surface area contributed by atoms with Crippen LogP contribution in [0.15, 0.2) is 47.6 Å². The topological polar surface area (TPSA) is 86.5 Å². The number of aryl methyl sites for hydroxylation is 2. The van der Waals surface area contributed by atoms with E-state index in [9.17, 15) is 4.79 Å². The second kappa shape index (κ2) is 7.79. The number of amides is 1. The number of carbonyl (C=O) groups excluding carboxylic acids is 1. The summed E-state index contributed by atoms with van der Waals surface area (Å²) in [5, 5.41) is 15.7. The molecule has 2 rings (SSSR count). The van der Waals surface area contributed by atoms with E-state index in [-0.39, 0.29) is 5.71 Å². The highest BCUT2D eigenvalue weighted by Gasteiger charge is 2.11. The zero-order valence-corrected chi connectivity index (χ0v) is 13.8. The second-order valence-corrected chi connectivity index (χ2v) is 5.17. The van der Waals surface area contributed by atoms with Gasteiger partial charge >= 0.3 is 0 Å². The zero-order chi connectivity index (χ0) is 17.5. The molecule has 0 aliphatic rings. The van der Waals surface area contributed by atoms with Gasteiger partial charge in [-0.2, -0.15) is 10.4 Å². The standard InChI is InChI=1S/C18H18N4O2/c1-12-4-5-15(10-13(12)2)20-18(23)17(11-19)22-21-14-6-8-16(24-3)9-7-14/h4-10,21H,1-3H3,(H,20,23). The highest BCUT2D eigenvalue weighted by Crippen LogP contribution is 2.16. The van der Waals surface area contributed by atoms with Crippen LogP contribution in [0.2, 0.25) is 0 Å². The Hall–Kier alpha value is -3.33. The van der Waals surface area contributed by atoms with Crippen molar-refractivity contribution in [1.82, 2.24) is 0 Å². The highest BCUT2D eigenvalue weighted by molar-refractivity contribution is 6.48. The van der Waals surface area contributed by atoms with E-state index in [2.05, 4.69) is 15.8 Å². The van der Waals surface area contributed by atoms with Gasteiger partial charge in [0.05, 0.1) is 12.8 Å². The van der Waals surface area contributed by atoms with Crippen LogP contribution in [0.1, 0.15) is 11.1 Å². The number of hydrogen-bond donors (Lipinski definition) is 2. The average molecular weight is 322 g/mol. The van der Waals surface area contributed by atoms with Gasteiger partial charge in [0, 0.05) is 5.69 Å². The van der Waals surface area contributed by atoms with Gasteiger partial charge in [-0.1, -0.05) is 6.07 Å². The molecule has 0 bridgehead atoms. The third kappa shape index (κ3) is 4.34. The van der Waals surface area contributed by atoms with E-state index >= 15 is 0 Å². The third-order valence-corrected chi connectivity index (χ3v) is 3.47. The van der Waals surface area contributed by atoms with Crippen LogP contribution in [0.5, 0.6) is 5.75 Å². The molecule has 2 aromatic carbocycles. The molecule has 2 aromatic rings. The number of rotatable bonds is 5. The first kappa shape index (κ1) is 17.0. The van der Waals surface area contributed by atoms with Crippen LogP contribution in [0.25, 0.3) is 0 Å². The molecule has 0 radical (unpaired) electrons. The van der Waals surface area contributed by atoms with Crippen LogP contribution >= 0.6 is 0 Å². The van der Waals surface area contributed by atoms with Gasteiger partial charge in [-0.3, -0.25) is 10.2 Å². The fourth-order valence-corrected chi connectivity index (χ4v) is 1.92. The molecule has 0 saturated carbocycles. The molecule has 1 amide bonds. The Labute approximate surface area is 140 Å². The molecular formula is C18H18N4O2. The predicted octanol–water partition coefficient (Wildman–Crippen LogP) is 3.24. The van der Waals surface area contributed by atoms with E-state index in [0.717, 1.165) is 11.1 Å². The van der Waals surface area contributed by atoms with Crippen LogP contribution in [-0.4, -0.2) is 18.7 Å². The van der Waals surface area contributed by atoms with Gasteiger partial charge < -0.3 is 10.1 Å². The Morgan fingerprint density at radius 2 is 1.75 bits per heavy atom. The van der Waals surface area contributed by atoms with E-state index < -0.39 is 5.91 Å². The molecule has 0 atom stereocenters. The van der Waals surface area contributed by atoms with Gasteiger partial charge in [0.1, 0.15) is 11.8 Å². The zero-order valence-electron chi connectivity index (χ0n) is 13.8. The van der Waals surface area contributed by atoms with Crippen molar-refractivity contribution < 1.29 is 9.53 Å². The van der Waals surface area contributed by atoms with Gasteiger partial charge in [-0.15, -0.1) is 0 Å². The summed E-state index contributed by atoms with van der Waals surface area (Å²) < 4.78 is 5.06. The first-order chi connectivity index (χ1) is 11.5. The summed E-state index contributed by atoms with van der Waals surface area (Å²) in [6.07, 6.45) is 0.